The molecule has 48 heteroatoms. The van der Waals surface area contributed by atoms with Gasteiger partial charge in [-0.2, -0.15) is 33.7 Å². The number of rotatable bonds is 16. The van der Waals surface area contributed by atoms with E-state index >= 15 is 38.4 Å². The number of hydrogen-bond acceptors (Lipinski definition) is 20. The van der Waals surface area contributed by atoms with E-state index in [1.807, 2.05) is 0 Å². The number of hydrogen-bond donors (Lipinski definition) is 4. The van der Waals surface area contributed by atoms with Crippen LogP contribution in [0, 0.1) is 0 Å². The van der Waals surface area contributed by atoms with Crippen molar-refractivity contribution in [3.8, 4) is 11.5 Å². The van der Waals surface area contributed by atoms with Gasteiger partial charge >= 0.3 is 199 Å². The van der Waals surface area contributed by atoms with Crippen LogP contribution in [0.1, 0.15) is 51.7 Å². The van der Waals surface area contributed by atoms with Crippen molar-refractivity contribution in [2.45, 2.75) is 101 Å². The second-order valence-electron chi connectivity index (χ2n) is 25.5. The van der Waals surface area contributed by atoms with Gasteiger partial charge in [-0.3, -0.25) is 96.6 Å². The van der Waals surface area contributed by atoms with Crippen LogP contribution < -0.4 is 9.47 Å². The molecule has 40 nitrogen and oxygen atoms in total. The molecule has 98 heavy (non-hydrogen) atoms. The quantitative estimate of drug-likeness (QED) is 0.0930. The van der Waals surface area contributed by atoms with Crippen molar-refractivity contribution < 1.29 is 109 Å². The number of fused-ring (bicyclic) bond motifs is 2. The summed E-state index contributed by atoms with van der Waals surface area (Å²) >= 11 is 0. The second-order valence-corrected chi connectivity index (χ2v) is 31.8. The third-order valence-corrected chi connectivity index (χ3v) is 24.1. The molecule has 0 aromatic heterocycles. The van der Waals surface area contributed by atoms with E-state index in [1.165, 1.54) is 90.5 Å². The molecule has 14 aliphatic rings. The molecule has 13 aliphatic heterocycles. The Bertz CT molecular complexity index is 4030. The molecule has 15 rings (SSSR count). The van der Waals surface area contributed by atoms with Crippen molar-refractivity contribution in [3.63, 3.8) is 0 Å². The van der Waals surface area contributed by atoms with Crippen molar-refractivity contribution in [1.82, 2.24) is 78.4 Å². The standard InChI is InChI=1S/C50H62N16O24S4.4Ca/c1-47-49(3)63-23-55-37-35-51(39(55)67)21-53-36-38-57(41(53)69)25-65-45(73)61-19-29-30(34(90-12-16-94(84,85)86)8-7-33(29)89-11-15-93(81,82)83)20-62-46(74)66(50(65,4)48(61,62)2)26-58(38)42(70)54(36)22-52(35)40(68)56(37)24-64(49)44(72)60(47)18-28-27(17-59(47)43(63)71)31(87-9-13-91(75,76)77)5-6-32(28)88-10-14-92(78,79)80;;;;/h5-6,35-38H,7-26H2,1-4H3,(H,75,76,77)(H,78,79,80)(H,81,82,83)(H,84,85,86);;;;/q;4*+2. The maximum atomic E-state index is 15.5. The summed E-state index contributed by atoms with van der Waals surface area (Å²) in [5.41, 5.74) is -6.00. The fourth-order valence-corrected chi connectivity index (χ4v) is 17.7. The second kappa shape index (κ2) is 25.2. The predicted molar refractivity (Wildman–Crippen MR) is 329 cm³/mol. The van der Waals surface area contributed by atoms with Gasteiger partial charge in [-0.05, 0) is 39.8 Å². The van der Waals surface area contributed by atoms with Crippen LogP contribution in [0.2, 0.25) is 0 Å². The third-order valence-electron chi connectivity index (χ3n) is 21.3. The van der Waals surface area contributed by atoms with Gasteiger partial charge < -0.3 is 18.9 Å². The Labute approximate surface area is 679 Å². The van der Waals surface area contributed by atoms with E-state index in [0.717, 1.165) is 0 Å². The Kier molecular flexibility index (Phi) is 19.5. The number of carbonyl (C=O) groups excluding carboxylic acids is 8. The number of allylic oxidation sites excluding steroid dienone is 2. The van der Waals surface area contributed by atoms with Crippen LogP contribution in [0.4, 0.5) is 38.4 Å². The van der Waals surface area contributed by atoms with E-state index in [2.05, 4.69) is 0 Å². The molecule has 13 heterocycles. The average Bonchev–Trinajstić information content (AvgIpc) is 1.50. The van der Waals surface area contributed by atoms with Crippen LogP contribution in [0.5, 0.6) is 11.5 Å². The van der Waals surface area contributed by atoms with Gasteiger partial charge in [0.1, 0.15) is 112 Å². The molecule has 0 atom stereocenters. The minimum absolute atomic E-state index is 0. The van der Waals surface area contributed by atoms with Crippen LogP contribution in [0.3, 0.4) is 0 Å². The first-order valence-corrected chi connectivity index (χ1v) is 35.9. The average molecular weight is 1560 g/mol. The Morgan fingerprint density at radius 3 is 0.827 bits per heavy atom. The zero-order chi connectivity index (χ0) is 67.2. The van der Waals surface area contributed by atoms with E-state index in [-0.39, 0.29) is 235 Å². The fraction of sp³-hybridized carbons (Fsp3) is 0.640. The van der Waals surface area contributed by atoms with Gasteiger partial charge in [0, 0.05) is 35.1 Å². The van der Waals surface area contributed by atoms with E-state index < -0.39 is 225 Å². The third kappa shape index (κ3) is 10.8. The summed E-state index contributed by atoms with van der Waals surface area (Å²) in [6, 6.07) is -3.33. The molecule has 0 unspecified atom stereocenters. The van der Waals surface area contributed by atoms with Gasteiger partial charge in [-0.25, -0.2) is 38.4 Å². The molecule has 12 fully saturated rings. The SMILES string of the molecule is CC12N3CC4=C(OCCS(=O)(=O)O)CCC(OCCS(=O)(=O)O)=C4CN1C(=O)N1CN4C(=O)N5CN6C(=O)N7CN8C(=O)N9Cc%10c(OCCS(=O)(=O)O)ccc(OCCS(=O)(=O)O)c%10CN%10C(=O)N(CN%11C(=O)N(CN%12C(=O)N(CN(C3=O)C12C)C4C%125)C6C%117)C8(C)C%109C.[Ca+2].[Ca+2].[Ca+2].[Ca+2]. The maximum absolute atomic E-state index is 15.5. The summed E-state index contributed by atoms with van der Waals surface area (Å²) < 4.78 is 156. The number of urea groups is 8. The zero-order valence-corrected chi connectivity index (χ0v) is 65.3. The van der Waals surface area contributed by atoms with Crippen molar-refractivity contribution in [2.75, 3.05) is 103 Å². The monoisotopic (exact) mass is 1560 g/mol. The molecule has 12 saturated heterocycles. The van der Waals surface area contributed by atoms with Gasteiger partial charge in [-0.1, -0.05) is 0 Å². The first-order valence-electron chi connectivity index (χ1n) is 29.5. The summed E-state index contributed by atoms with van der Waals surface area (Å²) in [5, 5.41) is 0. The largest absolute Gasteiger partial charge is 2.00 e. The summed E-state index contributed by atoms with van der Waals surface area (Å²) in [7, 11) is -18.1. The summed E-state index contributed by atoms with van der Waals surface area (Å²) in [4.78, 5) is 145. The molecule has 4 N–H and O–H groups in total. The van der Waals surface area contributed by atoms with Crippen molar-refractivity contribution in [2.24, 2.45) is 0 Å². The molecule has 0 spiro atoms. The van der Waals surface area contributed by atoms with Gasteiger partial charge in [0.2, 0.25) is 0 Å². The number of carbonyl (C=O) groups is 8. The Balaban J connectivity index is 0.00000243. The number of amides is 16. The summed E-state index contributed by atoms with van der Waals surface area (Å²) in [6.07, 6.45) is -5.20. The molecule has 510 valence electrons. The van der Waals surface area contributed by atoms with Crippen molar-refractivity contribution >= 4 is 240 Å². The topological polar surface area (TPSA) is 443 Å². The molecule has 0 bridgehead atoms. The van der Waals surface area contributed by atoms with Gasteiger partial charge in [0.25, 0.3) is 40.5 Å². The molecule has 0 radical (unpaired) electrons. The minimum atomic E-state index is -4.54. The first kappa shape index (κ1) is 75.9. The Morgan fingerprint density at radius 2 is 0.571 bits per heavy atom. The van der Waals surface area contributed by atoms with E-state index in [1.54, 1.807) is 27.7 Å². The van der Waals surface area contributed by atoms with Gasteiger partial charge in [0.05, 0.1) is 26.2 Å². The van der Waals surface area contributed by atoms with Crippen LogP contribution in [0.25, 0.3) is 0 Å². The summed E-state index contributed by atoms with van der Waals surface area (Å²) in [6.45, 7) is -0.774. The first-order chi connectivity index (χ1) is 43.9. The van der Waals surface area contributed by atoms with Gasteiger partial charge in [0.15, 0.2) is 47.3 Å². The normalized spacial score (nSPS) is 30.2. The molecule has 16 amide bonds. The molecule has 1 aromatic carbocycles. The predicted octanol–water partition coefficient (Wildman–Crippen LogP) is -3.31. The van der Waals surface area contributed by atoms with Crippen LogP contribution in [0.15, 0.2) is 34.8 Å². The molecule has 1 aromatic rings. The molecular weight excluding hydrogens is 1500 g/mol. The molecule has 0 saturated carbocycles. The number of benzene rings is 1. The van der Waals surface area contributed by atoms with E-state index in [0.29, 0.717) is 0 Å². The van der Waals surface area contributed by atoms with E-state index in [4.69, 9.17) is 18.9 Å². The fourth-order valence-electron chi connectivity index (χ4n) is 16.5. The van der Waals surface area contributed by atoms with Crippen molar-refractivity contribution in [1.29, 1.82) is 0 Å². The molecular formula is C50H62Ca4N16O24S4+8. The maximum Gasteiger partial charge on any atom is 2.00 e. The van der Waals surface area contributed by atoms with Crippen LogP contribution in [-0.2, 0) is 63.0 Å². The summed E-state index contributed by atoms with van der Waals surface area (Å²) in [5.74, 6) is -2.96. The number of ether oxygens (including phenoxy) is 4. The number of nitrogens with zero attached hydrogens (tertiary/aromatic N) is 16. The van der Waals surface area contributed by atoms with Crippen LogP contribution in [-0.4, -0.2) is 479 Å². The van der Waals surface area contributed by atoms with Crippen LogP contribution >= 0.6 is 0 Å². The zero-order valence-electron chi connectivity index (χ0n) is 53.2. The molecule has 1 aliphatic carbocycles. The Morgan fingerprint density at radius 1 is 0.347 bits per heavy atom. The van der Waals surface area contributed by atoms with Gasteiger partial charge in [-0.15, -0.1) is 0 Å². The minimum Gasteiger partial charge on any atom is -0.496 e. The van der Waals surface area contributed by atoms with E-state index in [9.17, 15) is 51.9 Å². The van der Waals surface area contributed by atoms with Crippen molar-refractivity contribution in [3.05, 3.63) is 45.9 Å². The smallest absolute Gasteiger partial charge is 0.496 e. The Hall–Kier alpha value is -3.26.